The highest BCUT2D eigenvalue weighted by Gasteiger charge is 2.25. The van der Waals surface area contributed by atoms with Crippen LogP contribution in [0.25, 0.3) is 33.7 Å². The summed E-state index contributed by atoms with van der Waals surface area (Å²) in [5.41, 5.74) is 4.44. The molecule has 2 heterocycles. The second kappa shape index (κ2) is 6.09. The minimum atomic E-state index is 0.427. The van der Waals surface area contributed by atoms with E-state index in [2.05, 4.69) is 10.6 Å². The SMILES string of the molecule is COc1cccc(-c2nc3nc4ccccc4nc3n2C2CCCC2)c1. The molecule has 0 radical (unpaired) electrons. The van der Waals surface area contributed by atoms with E-state index in [-0.39, 0.29) is 0 Å². The van der Waals surface area contributed by atoms with Crippen molar-refractivity contribution < 1.29 is 4.74 Å². The van der Waals surface area contributed by atoms with Gasteiger partial charge in [0.25, 0.3) is 0 Å². The van der Waals surface area contributed by atoms with Crippen molar-refractivity contribution in [3.8, 4) is 17.1 Å². The molecule has 0 unspecified atom stereocenters. The van der Waals surface area contributed by atoms with Crippen molar-refractivity contribution in [2.75, 3.05) is 7.11 Å². The molecule has 0 spiro atoms. The highest BCUT2D eigenvalue weighted by molar-refractivity contribution is 5.85. The van der Waals surface area contributed by atoms with E-state index in [9.17, 15) is 0 Å². The van der Waals surface area contributed by atoms with Crippen molar-refractivity contribution in [3.63, 3.8) is 0 Å². The minimum Gasteiger partial charge on any atom is -0.497 e. The maximum atomic E-state index is 5.41. The van der Waals surface area contributed by atoms with Gasteiger partial charge in [0.2, 0.25) is 0 Å². The molecule has 0 aliphatic heterocycles. The van der Waals surface area contributed by atoms with E-state index in [1.54, 1.807) is 7.11 Å². The third kappa shape index (κ3) is 2.43. The zero-order chi connectivity index (χ0) is 17.5. The van der Waals surface area contributed by atoms with Gasteiger partial charge in [-0.3, -0.25) is 0 Å². The Kier molecular flexibility index (Phi) is 3.59. The Bertz CT molecular complexity index is 1100. The van der Waals surface area contributed by atoms with Crippen molar-refractivity contribution in [1.82, 2.24) is 19.5 Å². The van der Waals surface area contributed by atoms with Crippen LogP contribution in [0.1, 0.15) is 31.7 Å². The molecule has 0 atom stereocenters. The highest BCUT2D eigenvalue weighted by atomic mass is 16.5. The van der Waals surface area contributed by atoms with E-state index >= 15 is 0 Å². The first-order chi connectivity index (χ1) is 12.8. The Hall–Kier alpha value is -2.95. The lowest BCUT2D eigenvalue weighted by Crippen LogP contribution is -2.07. The van der Waals surface area contributed by atoms with Gasteiger partial charge in [0.15, 0.2) is 11.3 Å². The summed E-state index contributed by atoms with van der Waals surface area (Å²) in [6.45, 7) is 0. The lowest BCUT2D eigenvalue weighted by atomic mass is 10.1. The van der Waals surface area contributed by atoms with Gasteiger partial charge < -0.3 is 9.30 Å². The fraction of sp³-hybridized carbons (Fsp3) is 0.286. The number of hydrogen-bond acceptors (Lipinski definition) is 4. The van der Waals surface area contributed by atoms with Crippen LogP contribution in [-0.4, -0.2) is 26.6 Å². The number of hydrogen-bond donors (Lipinski definition) is 0. The van der Waals surface area contributed by atoms with E-state index < -0.39 is 0 Å². The molecule has 1 saturated carbocycles. The topological polar surface area (TPSA) is 52.8 Å². The van der Waals surface area contributed by atoms with E-state index in [0.29, 0.717) is 11.7 Å². The Balaban J connectivity index is 1.80. The summed E-state index contributed by atoms with van der Waals surface area (Å²) in [5, 5.41) is 0. The second-order valence-electron chi connectivity index (χ2n) is 6.84. The molecule has 5 nitrogen and oxygen atoms in total. The smallest absolute Gasteiger partial charge is 0.198 e. The summed E-state index contributed by atoms with van der Waals surface area (Å²) < 4.78 is 7.71. The molecule has 5 rings (SSSR count). The minimum absolute atomic E-state index is 0.427. The summed E-state index contributed by atoms with van der Waals surface area (Å²) in [6, 6.07) is 16.5. The maximum Gasteiger partial charge on any atom is 0.198 e. The predicted octanol–water partition coefficient (Wildman–Crippen LogP) is 4.77. The number of aromatic nitrogens is 4. The second-order valence-corrected chi connectivity index (χ2v) is 6.84. The van der Waals surface area contributed by atoms with Gasteiger partial charge in [-0.2, -0.15) is 0 Å². The van der Waals surface area contributed by atoms with Gasteiger partial charge in [-0.05, 0) is 37.1 Å². The highest BCUT2D eigenvalue weighted by Crippen LogP contribution is 2.37. The summed E-state index contributed by atoms with van der Waals surface area (Å²) >= 11 is 0. The van der Waals surface area contributed by atoms with Gasteiger partial charge in [0.1, 0.15) is 11.6 Å². The van der Waals surface area contributed by atoms with Gasteiger partial charge >= 0.3 is 0 Å². The zero-order valence-corrected chi connectivity index (χ0v) is 14.7. The molecule has 26 heavy (non-hydrogen) atoms. The number of rotatable bonds is 3. The first-order valence-electron chi connectivity index (χ1n) is 9.12. The number of para-hydroxylation sites is 2. The predicted molar refractivity (Wildman–Crippen MR) is 102 cm³/mol. The molecule has 2 aromatic heterocycles. The van der Waals surface area contributed by atoms with Gasteiger partial charge in [0.05, 0.1) is 18.1 Å². The Morgan fingerprint density at radius 1 is 0.923 bits per heavy atom. The number of benzene rings is 2. The number of fused-ring (bicyclic) bond motifs is 2. The van der Waals surface area contributed by atoms with Crippen LogP contribution in [0, 0.1) is 0 Å². The molecule has 1 aliphatic rings. The van der Waals surface area contributed by atoms with Crippen LogP contribution in [0.3, 0.4) is 0 Å². The zero-order valence-electron chi connectivity index (χ0n) is 14.7. The van der Waals surface area contributed by atoms with Crippen LogP contribution in [0.4, 0.5) is 0 Å². The maximum absolute atomic E-state index is 5.41. The molecule has 1 fully saturated rings. The lowest BCUT2D eigenvalue weighted by molar-refractivity contribution is 0.415. The third-order valence-electron chi connectivity index (χ3n) is 5.22. The molecular weight excluding hydrogens is 324 g/mol. The van der Waals surface area contributed by atoms with Crippen LogP contribution in [0.15, 0.2) is 48.5 Å². The molecule has 0 bridgehead atoms. The fourth-order valence-electron chi connectivity index (χ4n) is 3.95. The average Bonchev–Trinajstić information content (AvgIpc) is 3.33. The molecular formula is C21H20N4O. The van der Waals surface area contributed by atoms with E-state index in [1.807, 2.05) is 42.5 Å². The molecule has 0 saturated heterocycles. The van der Waals surface area contributed by atoms with Crippen molar-refractivity contribution in [2.24, 2.45) is 0 Å². The summed E-state index contributed by atoms with van der Waals surface area (Å²) in [7, 11) is 1.69. The van der Waals surface area contributed by atoms with Gasteiger partial charge in [0, 0.05) is 11.6 Å². The number of ether oxygens (including phenoxy) is 1. The van der Waals surface area contributed by atoms with Crippen LogP contribution in [0.2, 0.25) is 0 Å². The van der Waals surface area contributed by atoms with E-state index in [0.717, 1.165) is 46.7 Å². The average molecular weight is 344 g/mol. The van der Waals surface area contributed by atoms with Crippen molar-refractivity contribution in [2.45, 2.75) is 31.7 Å². The number of nitrogens with zero attached hydrogens (tertiary/aromatic N) is 4. The van der Waals surface area contributed by atoms with Crippen LogP contribution < -0.4 is 4.74 Å². The molecule has 5 heteroatoms. The van der Waals surface area contributed by atoms with Crippen LogP contribution >= 0.6 is 0 Å². The Morgan fingerprint density at radius 2 is 1.69 bits per heavy atom. The van der Waals surface area contributed by atoms with Crippen LogP contribution in [0.5, 0.6) is 5.75 Å². The van der Waals surface area contributed by atoms with Crippen molar-refractivity contribution in [1.29, 1.82) is 0 Å². The summed E-state index contributed by atoms with van der Waals surface area (Å²) in [5.74, 6) is 1.76. The monoisotopic (exact) mass is 344 g/mol. The van der Waals surface area contributed by atoms with Gasteiger partial charge in [-0.1, -0.05) is 37.1 Å². The van der Waals surface area contributed by atoms with Crippen molar-refractivity contribution in [3.05, 3.63) is 48.5 Å². The third-order valence-corrected chi connectivity index (χ3v) is 5.22. The molecule has 1 aliphatic carbocycles. The normalized spacial score (nSPS) is 15.1. The summed E-state index contributed by atoms with van der Waals surface area (Å²) in [6.07, 6.45) is 4.83. The molecule has 2 aromatic carbocycles. The van der Waals surface area contributed by atoms with Crippen molar-refractivity contribution >= 4 is 22.3 Å². The lowest BCUT2D eigenvalue weighted by Gasteiger charge is -2.16. The molecule has 130 valence electrons. The summed E-state index contributed by atoms with van der Waals surface area (Å²) in [4.78, 5) is 14.6. The first-order valence-corrected chi connectivity index (χ1v) is 9.12. The van der Waals surface area contributed by atoms with E-state index in [1.165, 1.54) is 12.8 Å². The Labute approximate surface area is 151 Å². The van der Waals surface area contributed by atoms with Gasteiger partial charge in [-0.25, -0.2) is 15.0 Å². The standard InChI is InChI=1S/C21H20N4O/c1-26-16-10-6-7-14(13-16)20-24-19-21(25(20)15-8-2-3-9-15)23-18-12-5-4-11-17(18)22-19/h4-7,10-13,15H,2-3,8-9H2,1H3. The van der Waals surface area contributed by atoms with Gasteiger partial charge in [-0.15, -0.1) is 0 Å². The quantitative estimate of drug-likeness (QED) is 0.537. The number of imidazole rings is 1. The fourth-order valence-corrected chi connectivity index (χ4v) is 3.95. The largest absolute Gasteiger partial charge is 0.497 e. The first kappa shape index (κ1) is 15.3. The van der Waals surface area contributed by atoms with E-state index in [4.69, 9.17) is 19.7 Å². The molecule has 0 amide bonds. The number of methoxy groups -OCH3 is 1. The van der Waals surface area contributed by atoms with Crippen LogP contribution in [-0.2, 0) is 0 Å². The Morgan fingerprint density at radius 3 is 2.46 bits per heavy atom. The molecule has 0 N–H and O–H groups in total. The molecule has 4 aromatic rings.